The van der Waals surface area contributed by atoms with E-state index in [4.69, 9.17) is 9.16 Å². The van der Waals surface area contributed by atoms with Crippen molar-refractivity contribution in [3.63, 3.8) is 0 Å². The van der Waals surface area contributed by atoms with Crippen molar-refractivity contribution in [1.82, 2.24) is 0 Å². The molecule has 3 heteroatoms. The van der Waals surface area contributed by atoms with E-state index in [1.165, 1.54) is 17.5 Å². The molecule has 0 atom stereocenters. The van der Waals surface area contributed by atoms with E-state index in [1.54, 1.807) is 0 Å². The molecule has 2 nitrogen and oxygen atoms in total. The second-order valence-electron chi connectivity index (χ2n) is 5.13. The molecule has 1 aromatic rings. The molecule has 0 spiro atoms. The smallest absolute Gasteiger partial charge is 0.274 e. The van der Waals surface area contributed by atoms with Gasteiger partial charge < -0.3 is 9.16 Å². The van der Waals surface area contributed by atoms with Gasteiger partial charge in [-0.25, -0.2) is 0 Å². The van der Waals surface area contributed by atoms with E-state index in [-0.39, 0.29) is 0 Å². The van der Waals surface area contributed by atoms with Gasteiger partial charge in [-0.1, -0.05) is 39.0 Å². The first-order valence-corrected chi connectivity index (χ1v) is 9.93. The molecule has 1 aromatic carbocycles. The number of ether oxygens (including phenoxy) is 1. The van der Waals surface area contributed by atoms with E-state index in [0.29, 0.717) is 0 Å². The second kappa shape index (κ2) is 8.85. The van der Waals surface area contributed by atoms with Crippen LogP contribution in [-0.4, -0.2) is 15.6 Å². The summed E-state index contributed by atoms with van der Waals surface area (Å²) in [6.07, 6.45) is 6.27. The summed E-state index contributed by atoms with van der Waals surface area (Å²) in [6.45, 7) is 13.3. The lowest BCUT2D eigenvalue weighted by molar-refractivity contribution is 0.306. The van der Waals surface area contributed by atoms with Crippen molar-refractivity contribution in [2.45, 2.75) is 52.6 Å². The lowest BCUT2D eigenvalue weighted by Crippen LogP contribution is -2.14. The standard InChI is InChI=1S/C17H27O2Si/c1-6-9-10-15-14(8-3)11-12-16(18-13-7-2)17(15)19-20(4)5/h8,11-12H,3,6-7,9-10,13H2,1-2,4-5H3. The predicted molar refractivity (Wildman–Crippen MR) is 89.0 cm³/mol. The first kappa shape index (κ1) is 16.8. The monoisotopic (exact) mass is 291 g/mol. The van der Waals surface area contributed by atoms with Crippen LogP contribution in [0.2, 0.25) is 13.1 Å². The highest BCUT2D eigenvalue weighted by Gasteiger charge is 2.16. The Hall–Kier alpha value is -1.22. The fourth-order valence-corrected chi connectivity index (χ4v) is 2.70. The molecule has 0 aromatic heterocycles. The molecule has 0 aliphatic heterocycles. The van der Waals surface area contributed by atoms with E-state index < -0.39 is 9.04 Å². The zero-order valence-electron chi connectivity index (χ0n) is 13.3. The summed E-state index contributed by atoms with van der Waals surface area (Å²) in [6, 6.07) is 4.11. The van der Waals surface area contributed by atoms with Crippen LogP contribution in [0, 0.1) is 0 Å². The van der Waals surface area contributed by atoms with Crippen LogP contribution >= 0.6 is 0 Å². The first-order valence-electron chi connectivity index (χ1n) is 7.53. The molecule has 111 valence electrons. The van der Waals surface area contributed by atoms with E-state index in [9.17, 15) is 0 Å². The Morgan fingerprint density at radius 3 is 2.50 bits per heavy atom. The molecule has 1 radical (unpaired) electrons. The summed E-state index contributed by atoms with van der Waals surface area (Å²) in [4.78, 5) is 0. The summed E-state index contributed by atoms with van der Waals surface area (Å²) in [5.41, 5.74) is 2.42. The van der Waals surface area contributed by atoms with Crippen molar-refractivity contribution in [3.8, 4) is 11.5 Å². The van der Waals surface area contributed by atoms with E-state index in [1.807, 2.05) is 12.1 Å². The minimum Gasteiger partial charge on any atom is -0.540 e. The Balaban J connectivity index is 3.19. The zero-order valence-corrected chi connectivity index (χ0v) is 14.3. The quantitative estimate of drug-likeness (QED) is 0.590. The van der Waals surface area contributed by atoms with E-state index in [2.05, 4.69) is 39.6 Å². The van der Waals surface area contributed by atoms with Gasteiger partial charge in [-0.2, -0.15) is 0 Å². The Kier molecular flexibility index (Phi) is 7.45. The molecular formula is C17H27O2Si. The Labute approximate surface area is 125 Å². The summed E-state index contributed by atoms with van der Waals surface area (Å²) < 4.78 is 12.0. The Morgan fingerprint density at radius 1 is 1.20 bits per heavy atom. The summed E-state index contributed by atoms with van der Waals surface area (Å²) in [7, 11) is -0.819. The van der Waals surface area contributed by atoms with Gasteiger partial charge in [0.2, 0.25) is 0 Å². The molecular weight excluding hydrogens is 264 g/mol. The third kappa shape index (κ3) is 4.71. The van der Waals surface area contributed by atoms with Crippen LogP contribution in [0.15, 0.2) is 18.7 Å². The van der Waals surface area contributed by atoms with Crippen LogP contribution in [0.4, 0.5) is 0 Å². The molecule has 0 aliphatic carbocycles. The predicted octanol–water partition coefficient (Wildman–Crippen LogP) is 5.09. The molecule has 0 saturated heterocycles. The maximum absolute atomic E-state index is 6.14. The van der Waals surface area contributed by atoms with Crippen LogP contribution in [0.25, 0.3) is 6.08 Å². The van der Waals surface area contributed by atoms with E-state index in [0.717, 1.165) is 37.4 Å². The topological polar surface area (TPSA) is 18.5 Å². The highest BCUT2D eigenvalue weighted by molar-refractivity contribution is 6.49. The second-order valence-corrected chi connectivity index (χ2v) is 7.15. The van der Waals surface area contributed by atoms with Crippen LogP contribution in [0.5, 0.6) is 11.5 Å². The molecule has 20 heavy (non-hydrogen) atoms. The van der Waals surface area contributed by atoms with Gasteiger partial charge in [0.1, 0.15) is 5.75 Å². The number of rotatable bonds is 9. The largest absolute Gasteiger partial charge is 0.540 e. The van der Waals surface area contributed by atoms with Gasteiger partial charge >= 0.3 is 0 Å². The van der Waals surface area contributed by atoms with Crippen molar-refractivity contribution >= 4 is 15.1 Å². The van der Waals surface area contributed by atoms with Gasteiger partial charge in [-0.05, 0) is 44.0 Å². The molecule has 0 unspecified atom stereocenters. The van der Waals surface area contributed by atoms with Crippen LogP contribution in [0.1, 0.15) is 44.2 Å². The van der Waals surface area contributed by atoms with Crippen LogP contribution < -0.4 is 9.16 Å². The minimum atomic E-state index is -0.819. The number of benzene rings is 1. The van der Waals surface area contributed by atoms with Gasteiger partial charge in [-0.3, -0.25) is 0 Å². The number of unbranched alkanes of at least 4 members (excludes halogenated alkanes) is 1. The Bertz CT molecular complexity index is 427. The highest BCUT2D eigenvalue weighted by atomic mass is 28.3. The van der Waals surface area contributed by atoms with Gasteiger partial charge in [0.15, 0.2) is 5.75 Å². The normalized spacial score (nSPS) is 10.7. The van der Waals surface area contributed by atoms with Gasteiger partial charge in [0.05, 0.1) is 6.61 Å². The first-order chi connectivity index (χ1) is 9.63. The van der Waals surface area contributed by atoms with Crippen LogP contribution in [-0.2, 0) is 6.42 Å². The average Bonchev–Trinajstić information content (AvgIpc) is 2.43. The molecule has 0 N–H and O–H groups in total. The summed E-state index contributed by atoms with van der Waals surface area (Å²) >= 11 is 0. The number of hydrogen-bond acceptors (Lipinski definition) is 2. The summed E-state index contributed by atoms with van der Waals surface area (Å²) in [5, 5.41) is 0. The lowest BCUT2D eigenvalue weighted by Gasteiger charge is -2.20. The molecule has 0 amide bonds. The van der Waals surface area contributed by atoms with Crippen LogP contribution in [0.3, 0.4) is 0 Å². The fourth-order valence-electron chi connectivity index (χ4n) is 2.07. The molecule has 0 aliphatic rings. The number of hydrogen-bond donors (Lipinski definition) is 0. The maximum atomic E-state index is 6.14. The van der Waals surface area contributed by atoms with Crippen molar-refractivity contribution in [2.24, 2.45) is 0 Å². The van der Waals surface area contributed by atoms with Crippen molar-refractivity contribution in [2.75, 3.05) is 6.61 Å². The maximum Gasteiger partial charge on any atom is 0.274 e. The molecule has 0 bridgehead atoms. The molecule has 0 fully saturated rings. The van der Waals surface area contributed by atoms with E-state index >= 15 is 0 Å². The zero-order chi connectivity index (χ0) is 15.0. The van der Waals surface area contributed by atoms with Crippen molar-refractivity contribution in [1.29, 1.82) is 0 Å². The Morgan fingerprint density at radius 2 is 1.95 bits per heavy atom. The molecule has 0 saturated carbocycles. The lowest BCUT2D eigenvalue weighted by atomic mass is 10.0. The third-order valence-corrected chi connectivity index (χ3v) is 3.64. The van der Waals surface area contributed by atoms with Crippen molar-refractivity contribution in [3.05, 3.63) is 29.8 Å². The molecule has 0 heterocycles. The SMILES string of the molecule is C=Cc1ccc(OCCC)c(O[Si](C)C)c1CCCC. The molecule has 1 rings (SSSR count). The average molecular weight is 291 g/mol. The van der Waals surface area contributed by atoms with Gasteiger partial charge in [0, 0.05) is 5.56 Å². The fraction of sp³-hybridized carbons (Fsp3) is 0.529. The van der Waals surface area contributed by atoms with Gasteiger partial charge in [0.25, 0.3) is 9.04 Å². The minimum absolute atomic E-state index is 0.729. The highest BCUT2D eigenvalue weighted by Crippen LogP contribution is 2.36. The van der Waals surface area contributed by atoms with Crippen molar-refractivity contribution < 1.29 is 9.16 Å². The van der Waals surface area contributed by atoms with Gasteiger partial charge in [-0.15, -0.1) is 0 Å². The summed E-state index contributed by atoms with van der Waals surface area (Å²) in [5.74, 6) is 1.83. The third-order valence-electron chi connectivity index (χ3n) is 3.03.